The average Bonchev–Trinajstić information content (AvgIpc) is 2.72. The quantitative estimate of drug-likeness (QED) is 0.627. The second kappa shape index (κ2) is 9.45. The summed E-state index contributed by atoms with van der Waals surface area (Å²) in [6.45, 7) is 2.83. The molecule has 0 spiro atoms. The fourth-order valence-corrected chi connectivity index (χ4v) is 2.67. The molecule has 2 N–H and O–H groups in total. The van der Waals surface area contributed by atoms with Crippen LogP contribution in [-0.2, 0) is 13.0 Å². The zero-order chi connectivity index (χ0) is 19.8. The maximum absolute atomic E-state index is 12.4. The lowest BCUT2D eigenvalue weighted by atomic mass is 10.1. The Morgan fingerprint density at radius 3 is 2.79 bits per heavy atom. The van der Waals surface area contributed by atoms with E-state index in [1.807, 2.05) is 49.4 Å². The largest absolute Gasteiger partial charge is 0.497 e. The summed E-state index contributed by atoms with van der Waals surface area (Å²) in [5, 5.41) is 6.02. The van der Waals surface area contributed by atoms with Crippen molar-refractivity contribution in [2.45, 2.75) is 19.9 Å². The molecule has 0 aliphatic rings. The van der Waals surface area contributed by atoms with Gasteiger partial charge in [0.15, 0.2) is 0 Å². The van der Waals surface area contributed by atoms with E-state index in [0.29, 0.717) is 24.7 Å². The first-order chi connectivity index (χ1) is 13.6. The molecular weight excluding hydrogens is 354 g/mol. The lowest BCUT2D eigenvalue weighted by Gasteiger charge is -2.09. The first kappa shape index (κ1) is 19.3. The number of rotatable bonds is 8. The summed E-state index contributed by atoms with van der Waals surface area (Å²) in [5.74, 6) is 1.01. The van der Waals surface area contributed by atoms with Crippen LogP contribution in [0, 0.1) is 6.92 Å². The molecule has 0 unspecified atom stereocenters. The van der Waals surface area contributed by atoms with E-state index in [4.69, 9.17) is 4.74 Å². The lowest BCUT2D eigenvalue weighted by Crippen LogP contribution is -2.25. The molecule has 7 nitrogen and oxygen atoms in total. The Kier molecular flexibility index (Phi) is 6.51. The predicted octanol–water partition coefficient (Wildman–Crippen LogP) is 2.77. The van der Waals surface area contributed by atoms with Gasteiger partial charge in [-0.05, 0) is 49.2 Å². The zero-order valence-corrected chi connectivity index (χ0v) is 16.0. The topological polar surface area (TPSA) is 89.0 Å². The number of carbonyl (C=O) groups is 1. The van der Waals surface area contributed by atoms with E-state index in [2.05, 4.69) is 25.6 Å². The van der Waals surface area contributed by atoms with Gasteiger partial charge >= 0.3 is 0 Å². The van der Waals surface area contributed by atoms with Gasteiger partial charge in [-0.2, -0.15) is 0 Å². The van der Waals surface area contributed by atoms with Crippen LogP contribution in [0.3, 0.4) is 0 Å². The normalized spacial score (nSPS) is 10.4. The van der Waals surface area contributed by atoms with Gasteiger partial charge < -0.3 is 15.4 Å². The molecule has 0 aliphatic heterocycles. The van der Waals surface area contributed by atoms with Crippen LogP contribution in [0.15, 0.2) is 54.7 Å². The first-order valence-electron chi connectivity index (χ1n) is 9.04. The highest BCUT2D eigenvalue weighted by Crippen LogP contribution is 2.13. The van der Waals surface area contributed by atoms with E-state index in [-0.39, 0.29) is 5.91 Å². The summed E-state index contributed by atoms with van der Waals surface area (Å²) in [6.07, 6.45) is 2.48. The van der Waals surface area contributed by atoms with Crippen LogP contribution >= 0.6 is 0 Å². The number of anilines is 1. The number of nitrogens with one attached hydrogen (secondary N) is 2. The Labute approximate surface area is 164 Å². The summed E-state index contributed by atoms with van der Waals surface area (Å²) < 4.78 is 5.24. The van der Waals surface area contributed by atoms with E-state index in [0.717, 1.165) is 29.1 Å². The van der Waals surface area contributed by atoms with Gasteiger partial charge in [0.05, 0.1) is 19.3 Å². The van der Waals surface area contributed by atoms with Gasteiger partial charge in [-0.15, -0.1) is 0 Å². The molecular formula is C21H23N5O2. The van der Waals surface area contributed by atoms with Gasteiger partial charge in [0.2, 0.25) is 5.95 Å². The number of aromatic nitrogens is 3. The molecule has 0 radical (unpaired) electrons. The first-order valence-corrected chi connectivity index (χ1v) is 9.04. The summed E-state index contributed by atoms with van der Waals surface area (Å²) in [4.78, 5) is 25.3. The van der Waals surface area contributed by atoms with Crippen LogP contribution in [-0.4, -0.2) is 34.5 Å². The Morgan fingerprint density at radius 1 is 1.11 bits per heavy atom. The number of ether oxygens (including phenoxy) is 1. The SMILES string of the molecule is COc1cccc(CCNc2nc(C)cc(C(=O)NCc3ccccn3)n2)c1. The summed E-state index contributed by atoms with van der Waals surface area (Å²) in [7, 11) is 1.65. The smallest absolute Gasteiger partial charge is 0.270 e. The molecule has 3 rings (SSSR count). The number of carbonyl (C=O) groups excluding carboxylic acids is 1. The second-order valence-electron chi connectivity index (χ2n) is 6.25. The predicted molar refractivity (Wildman–Crippen MR) is 107 cm³/mol. The minimum atomic E-state index is -0.257. The fraction of sp³-hybridized carbons (Fsp3) is 0.238. The Balaban J connectivity index is 1.58. The second-order valence-corrected chi connectivity index (χ2v) is 6.25. The fourth-order valence-electron chi connectivity index (χ4n) is 2.67. The van der Waals surface area contributed by atoms with Gasteiger partial charge in [-0.25, -0.2) is 9.97 Å². The number of aryl methyl sites for hydroxylation is 1. The highest BCUT2D eigenvalue weighted by atomic mass is 16.5. The van der Waals surface area contributed by atoms with Crippen LogP contribution < -0.4 is 15.4 Å². The molecule has 0 fully saturated rings. The molecule has 144 valence electrons. The molecule has 3 aromatic rings. The Bertz CT molecular complexity index is 931. The van der Waals surface area contributed by atoms with Gasteiger partial charge in [0, 0.05) is 18.4 Å². The molecule has 1 amide bonds. The highest BCUT2D eigenvalue weighted by Gasteiger charge is 2.10. The number of hydrogen-bond acceptors (Lipinski definition) is 6. The van der Waals surface area contributed by atoms with Crippen molar-refractivity contribution in [3.63, 3.8) is 0 Å². The van der Waals surface area contributed by atoms with E-state index >= 15 is 0 Å². The van der Waals surface area contributed by atoms with Crippen LogP contribution in [0.2, 0.25) is 0 Å². The average molecular weight is 377 g/mol. The summed E-state index contributed by atoms with van der Waals surface area (Å²) in [5.41, 5.74) is 2.99. The monoisotopic (exact) mass is 377 g/mol. The van der Waals surface area contributed by atoms with Crippen molar-refractivity contribution in [1.29, 1.82) is 0 Å². The third-order valence-electron chi connectivity index (χ3n) is 4.07. The van der Waals surface area contributed by atoms with Crippen molar-refractivity contribution in [1.82, 2.24) is 20.3 Å². The molecule has 2 aromatic heterocycles. The Morgan fingerprint density at radius 2 is 2.00 bits per heavy atom. The molecule has 0 bridgehead atoms. The third-order valence-corrected chi connectivity index (χ3v) is 4.07. The van der Waals surface area contributed by atoms with Crippen molar-refractivity contribution >= 4 is 11.9 Å². The molecule has 1 aromatic carbocycles. The molecule has 0 saturated heterocycles. The van der Waals surface area contributed by atoms with Gasteiger partial charge in [-0.3, -0.25) is 9.78 Å². The van der Waals surface area contributed by atoms with E-state index in [9.17, 15) is 4.79 Å². The van der Waals surface area contributed by atoms with E-state index < -0.39 is 0 Å². The van der Waals surface area contributed by atoms with Crippen LogP contribution in [0.4, 0.5) is 5.95 Å². The molecule has 2 heterocycles. The number of nitrogens with zero attached hydrogens (tertiary/aromatic N) is 3. The number of hydrogen-bond donors (Lipinski definition) is 2. The number of methoxy groups -OCH3 is 1. The van der Waals surface area contributed by atoms with E-state index in [1.54, 1.807) is 19.4 Å². The lowest BCUT2D eigenvalue weighted by molar-refractivity contribution is 0.0945. The van der Waals surface area contributed by atoms with Crippen LogP contribution in [0.5, 0.6) is 5.75 Å². The number of amides is 1. The van der Waals surface area contributed by atoms with Crippen molar-refractivity contribution in [3.8, 4) is 5.75 Å². The molecule has 28 heavy (non-hydrogen) atoms. The van der Waals surface area contributed by atoms with Crippen LogP contribution in [0.1, 0.15) is 27.4 Å². The Hall–Kier alpha value is -3.48. The molecule has 7 heteroatoms. The zero-order valence-electron chi connectivity index (χ0n) is 16.0. The minimum Gasteiger partial charge on any atom is -0.497 e. The van der Waals surface area contributed by atoms with Crippen LogP contribution in [0.25, 0.3) is 0 Å². The number of pyridine rings is 1. The summed E-state index contributed by atoms with van der Waals surface area (Å²) >= 11 is 0. The maximum Gasteiger partial charge on any atom is 0.270 e. The van der Waals surface area contributed by atoms with Gasteiger partial charge in [0.25, 0.3) is 5.91 Å². The van der Waals surface area contributed by atoms with E-state index in [1.165, 1.54) is 0 Å². The van der Waals surface area contributed by atoms with Gasteiger partial charge in [0.1, 0.15) is 11.4 Å². The summed E-state index contributed by atoms with van der Waals surface area (Å²) in [6, 6.07) is 15.2. The minimum absolute atomic E-state index is 0.257. The van der Waals surface area contributed by atoms with Crippen molar-refractivity contribution in [2.24, 2.45) is 0 Å². The van der Waals surface area contributed by atoms with Crippen molar-refractivity contribution < 1.29 is 9.53 Å². The molecule has 0 aliphatic carbocycles. The molecule has 0 atom stereocenters. The maximum atomic E-state index is 12.4. The standard InChI is InChI=1S/C21H23N5O2/c1-15-12-19(20(27)24-14-17-7-3-4-10-22-17)26-21(25-15)23-11-9-16-6-5-8-18(13-16)28-2/h3-8,10,12-13H,9,11,14H2,1-2H3,(H,24,27)(H,23,25,26). The molecule has 0 saturated carbocycles. The van der Waals surface area contributed by atoms with Crippen molar-refractivity contribution in [3.05, 3.63) is 77.4 Å². The van der Waals surface area contributed by atoms with Crippen molar-refractivity contribution in [2.75, 3.05) is 19.0 Å². The third kappa shape index (κ3) is 5.51. The number of benzene rings is 1. The van der Waals surface area contributed by atoms with Gasteiger partial charge in [-0.1, -0.05) is 18.2 Å². The highest BCUT2D eigenvalue weighted by molar-refractivity contribution is 5.92.